The van der Waals surface area contributed by atoms with E-state index in [1.165, 1.54) is 37.6 Å². The highest BCUT2D eigenvalue weighted by Gasteiger charge is 2.33. The molecule has 0 spiro atoms. The van der Waals surface area contributed by atoms with Gasteiger partial charge in [0.05, 0.1) is 22.7 Å². The third kappa shape index (κ3) is 4.50. The zero-order valence-corrected chi connectivity index (χ0v) is 21.6. The SMILES string of the molecule is C[NH2+]c1ccc2ccccc2c1C(C)(C/C=C1\Sc2ccccc2N1C)Cc1ccc([N+](=O)[O-])cc1. The number of fused-ring (bicyclic) bond motifs is 2. The normalized spacial score (nSPS) is 15.8. The van der Waals surface area contributed by atoms with Crippen molar-refractivity contribution < 1.29 is 10.2 Å². The predicted molar refractivity (Wildman–Crippen MR) is 149 cm³/mol. The number of benzene rings is 4. The average Bonchev–Trinajstić information content (AvgIpc) is 3.22. The maximum absolute atomic E-state index is 11.2. The maximum atomic E-state index is 11.2. The van der Waals surface area contributed by atoms with Crippen molar-refractivity contribution >= 4 is 39.6 Å². The number of para-hydroxylation sites is 1. The standard InChI is InChI=1S/C30H29N3O2S/c1-30(20-21-12-15-23(16-13-21)33(34)35,19-18-28-32(3)26-10-6-7-11-27(26)36-28)29-24-9-5-4-8-22(24)14-17-25(29)31-2/h4-18,31H,19-20H2,1-3H3/p+1/b28-18-. The molecule has 182 valence electrons. The number of anilines is 1. The number of thioether (sulfide) groups is 1. The van der Waals surface area contributed by atoms with Gasteiger partial charge in [0.25, 0.3) is 5.69 Å². The smallest absolute Gasteiger partial charge is 0.269 e. The molecule has 0 bridgehead atoms. The topological polar surface area (TPSA) is 63.0 Å². The van der Waals surface area contributed by atoms with Gasteiger partial charge in [-0.3, -0.25) is 10.1 Å². The third-order valence-electron chi connectivity index (χ3n) is 7.12. The van der Waals surface area contributed by atoms with E-state index in [0.29, 0.717) is 0 Å². The molecule has 0 aromatic heterocycles. The van der Waals surface area contributed by atoms with E-state index < -0.39 is 0 Å². The van der Waals surface area contributed by atoms with E-state index in [1.54, 1.807) is 12.1 Å². The van der Waals surface area contributed by atoms with Gasteiger partial charge >= 0.3 is 0 Å². The zero-order chi connectivity index (χ0) is 25.3. The van der Waals surface area contributed by atoms with E-state index in [9.17, 15) is 10.1 Å². The fourth-order valence-corrected chi connectivity index (χ4v) is 6.35. The molecule has 5 rings (SSSR count). The van der Waals surface area contributed by atoms with Crippen LogP contribution in [-0.4, -0.2) is 19.0 Å². The van der Waals surface area contributed by atoms with Crippen LogP contribution in [0.15, 0.2) is 101 Å². The second-order valence-electron chi connectivity index (χ2n) is 9.58. The summed E-state index contributed by atoms with van der Waals surface area (Å²) in [5, 5.41) is 17.1. The van der Waals surface area contributed by atoms with Crippen LogP contribution in [0.2, 0.25) is 0 Å². The minimum atomic E-state index is -0.340. The van der Waals surface area contributed by atoms with Gasteiger partial charge in [0, 0.05) is 35.1 Å². The van der Waals surface area contributed by atoms with Gasteiger partial charge in [-0.2, -0.15) is 0 Å². The number of allylic oxidation sites excluding steroid dienone is 1. The molecule has 1 atom stereocenters. The number of nitrogens with two attached hydrogens (primary N) is 1. The molecule has 0 amide bonds. The Balaban J connectivity index is 1.60. The molecule has 1 unspecified atom stereocenters. The summed E-state index contributed by atoms with van der Waals surface area (Å²) in [6, 6.07) is 28.5. The Kier molecular flexibility index (Phi) is 6.56. The van der Waals surface area contributed by atoms with Crippen LogP contribution in [0.5, 0.6) is 0 Å². The molecule has 36 heavy (non-hydrogen) atoms. The second kappa shape index (κ2) is 9.80. The van der Waals surface area contributed by atoms with E-state index in [-0.39, 0.29) is 16.0 Å². The van der Waals surface area contributed by atoms with Gasteiger partial charge in [0.1, 0.15) is 5.69 Å². The first kappa shape index (κ1) is 24.1. The van der Waals surface area contributed by atoms with Crippen molar-refractivity contribution in [3.8, 4) is 0 Å². The molecule has 6 heteroatoms. The number of non-ortho nitro benzene ring substituents is 1. The highest BCUT2D eigenvalue weighted by Crippen LogP contribution is 2.47. The molecule has 0 aliphatic carbocycles. The predicted octanol–water partition coefficient (Wildman–Crippen LogP) is 6.55. The fourth-order valence-electron chi connectivity index (χ4n) is 5.26. The van der Waals surface area contributed by atoms with Gasteiger partial charge in [-0.15, -0.1) is 0 Å². The lowest BCUT2D eigenvalue weighted by Gasteiger charge is -2.32. The van der Waals surface area contributed by atoms with Crippen molar-refractivity contribution in [2.24, 2.45) is 0 Å². The lowest BCUT2D eigenvalue weighted by atomic mass is 9.72. The molecule has 1 aliphatic heterocycles. The number of nitro groups is 1. The summed E-state index contributed by atoms with van der Waals surface area (Å²) in [4.78, 5) is 14.4. The van der Waals surface area contributed by atoms with Crippen LogP contribution in [0.3, 0.4) is 0 Å². The van der Waals surface area contributed by atoms with Crippen LogP contribution in [0, 0.1) is 10.1 Å². The van der Waals surface area contributed by atoms with Crippen LogP contribution in [0.25, 0.3) is 10.8 Å². The molecule has 0 saturated heterocycles. The van der Waals surface area contributed by atoms with Crippen LogP contribution in [0.4, 0.5) is 17.1 Å². The van der Waals surface area contributed by atoms with Crippen molar-refractivity contribution in [1.29, 1.82) is 0 Å². The summed E-state index contributed by atoms with van der Waals surface area (Å²) in [6.07, 6.45) is 3.96. The van der Waals surface area contributed by atoms with Gasteiger partial charge in [-0.05, 0) is 53.4 Å². The van der Waals surface area contributed by atoms with Crippen LogP contribution < -0.4 is 10.2 Å². The van der Waals surface area contributed by atoms with E-state index in [1.807, 2.05) is 23.9 Å². The number of nitrogens with zero attached hydrogens (tertiary/aromatic N) is 2. The van der Waals surface area contributed by atoms with Crippen molar-refractivity contribution in [3.63, 3.8) is 0 Å². The monoisotopic (exact) mass is 496 g/mol. The summed E-state index contributed by atoms with van der Waals surface area (Å²) < 4.78 is 0. The van der Waals surface area contributed by atoms with Gasteiger partial charge in [0.2, 0.25) is 0 Å². The number of hydrogen-bond acceptors (Lipinski definition) is 4. The fraction of sp³-hybridized carbons (Fsp3) is 0.200. The summed E-state index contributed by atoms with van der Waals surface area (Å²) in [5.41, 5.74) is 4.76. The first-order valence-electron chi connectivity index (χ1n) is 12.2. The van der Waals surface area contributed by atoms with E-state index >= 15 is 0 Å². The molecule has 0 saturated carbocycles. The number of hydrogen-bond donors (Lipinski definition) is 1. The van der Waals surface area contributed by atoms with E-state index in [4.69, 9.17) is 0 Å². The third-order valence-corrected chi connectivity index (χ3v) is 8.33. The van der Waals surface area contributed by atoms with Crippen LogP contribution in [-0.2, 0) is 11.8 Å². The molecule has 1 heterocycles. The molecule has 1 aliphatic rings. The number of rotatable bonds is 7. The van der Waals surface area contributed by atoms with Crippen molar-refractivity contribution in [2.75, 3.05) is 19.0 Å². The lowest BCUT2D eigenvalue weighted by Crippen LogP contribution is -2.73. The number of nitro benzene ring substituents is 1. The Hall–Kier alpha value is -3.61. The van der Waals surface area contributed by atoms with Crippen molar-refractivity contribution in [3.05, 3.63) is 117 Å². The molecule has 4 aromatic rings. The highest BCUT2D eigenvalue weighted by atomic mass is 32.2. The Bertz CT molecular complexity index is 1470. The molecule has 0 fully saturated rings. The average molecular weight is 497 g/mol. The summed E-state index contributed by atoms with van der Waals surface area (Å²) in [7, 11) is 4.22. The molecule has 0 radical (unpaired) electrons. The van der Waals surface area contributed by atoms with Gasteiger partial charge in [-0.1, -0.05) is 73.3 Å². The molecule has 5 nitrogen and oxygen atoms in total. The molecule has 4 aromatic carbocycles. The Morgan fingerprint density at radius 1 is 1.00 bits per heavy atom. The Morgan fingerprint density at radius 3 is 2.44 bits per heavy atom. The largest absolute Gasteiger partial charge is 0.338 e. The summed E-state index contributed by atoms with van der Waals surface area (Å²) >= 11 is 1.81. The van der Waals surface area contributed by atoms with Crippen molar-refractivity contribution in [2.45, 2.75) is 30.1 Å². The first-order valence-corrected chi connectivity index (χ1v) is 13.0. The quantitative estimate of drug-likeness (QED) is 0.179. The van der Waals surface area contributed by atoms with Gasteiger partial charge < -0.3 is 10.2 Å². The Morgan fingerprint density at radius 2 is 1.72 bits per heavy atom. The van der Waals surface area contributed by atoms with Gasteiger partial charge in [-0.25, -0.2) is 0 Å². The van der Waals surface area contributed by atoms with Crippen LogP contribution >= 0.6 is 11.8 Å². The van der Waals surface area contributed by atoms with Crippen LogP contribution in [0.1, 0.15) is 24.5 Å². The minimum Gasteiger partial charge on any atom is -0.338 e. The van der Waals surface area contributed by atoms with E-state index in [2.05, 4.69) is 98.0 Å². The summed E-state index contributed by atoms with van der Waals surface area (Å²) in [6.45, 7) is 2.33. The lowest BCUT2D eigenvalue weighted by molar-refractivity contribution is -0.540. The first-order chi connectivity index (χ1) is 17.4. The summed E-state index contributed by atoms with van der Waals surface area (Å²) in [5.74, 6) is 0. The zero-order valence-electron chi connectivity index (χ0n) is 20.8. The van der Waals surface area contributed by atoms with Crippen molar-refractivity contribution in [1.82, 2.24) is 0 Å². The minimum absolute atomic E-state index is 0.122. The highest BCUT2D eigenvalue weighted by molar-refractivity contribution is 8.03. The number of quaternary nitrogens is 1. The molecular formula is C30H30N3O2S+. The van der Waals surface area contributed by atoms with Gasteiger partial charge in [0.15, 0.2) is 0 Å². The second-order valence-corrected chi connectivity index (χ2v) is 10.6. The molecular weight excluding hydrogens is 466 g/mol. The molecule has 2 N–H and O–H groups in total. The maximum Gasteiger partial charge on any atom is 0.269 e. The Labute approximate surface area is 216 Å². The van der Waals surface area contributed by atoms with E-state index in [0.717, 1.165) is 18.4 Å².